The summed E-state index contributed by atoms with van der Waals surface area (Å²) in [6.45, 7) is 3.53. The summed E-state index contributed by atoms with van der Waals surface area (Å²) in [5.41, 5.74) is 3.53. The first-order valence-corrected chi connectivity index (χ1v) is 5.33. The van der Waals surface area contributed by atoms with Crippen molar-refractivity contribution in [2.45, 2.75) is 19.4 Å². The van der Waals surface area contributed by atoms with Crippen LogP contribution < -0.4 is 16.2 Å². The van der Waals surface area contributed by atoms with Gasteiger partial charge in [0.15, 0.2) is 0 Å². The summed E-state index contributed by atoms with van der Waals surface area (Å²) in [5, 5.41) is 0. The van der Waals surface area contributed by atoms with Crippen LogP contribution >= 0.6 is 0 Å². The molecule has 2 heterocycles. The Balaban J connectivity index is 2.25. The highest BCUT2D eigenvalue weighted by molar-refractivity contribution is 5.57. The van der Waals surface area contributed by atoms with Crippen LogP contribution in [-0.2, 0) is 4.74 Å². The molecule has 3 N–H and O–H groups in total. The number of hydrogen-bond acceptors (Lipinski definition) is 6. The van der Waals surface area contributed by atoms with E-state index in [4.69, 9.17) is 10.6 Å². The zero-order valence-corrected chi connectivity index (χ0v) is 9.60. The zero-order chi connectivity index (χ0) is 11.5. The molecule has 2 rings (SSSR count). The number of hydrogen-bond donors (Lipinski definition) is 2. The molecule has 0 saturated carbocycles. The van der Waals surface area contributed by atoms with E-state index < -0.39 is 0 Å². The number of nitrogen functional groups attached to an aromatic ring is 1. The standard InChI is InChI=1S/C10H17N5O/c1-7-9(14-11)12-6-13-10(7)15(2)8-3-4-16-5-8/h6,8H,3-5,11H2,1-2H3,(H,12,13,14). The Bertz CT molecular complexity index is 364. The normalized spacial score (nSPS) is 19.8. The first-order chi connectivity index (χ1) is 7.74. The van der Waals surface area contributed by atoms with Crippen molar-refractivity contribution >= 4 is 11.6 Å². The van der Waals surface area contributed by atoms with Gasteiger partial charge in [-0.2, -0.15) is 0 Å². The Labute approximate surface area is 94.8 Å². The van der Waals surface area contributed by atoms with E-state index in [1.54, 1.807) is 0 Å². The van der Waals surface area contributed by atoms with Crippen LogP contribution in [0.5, 0.6) is 0 Å². The third kappa shape index (κ3) is 1.94. The molecule has 1 unspecified atom stereocenters. The van der Waals surface area contributed by atoms with E-state index in [-0.39, 0.29) is 0 Å². The van der Waals surface area contributed by atoms with Crippen molar-refractivity contribution in [2.24, 2.45) is 5.84 Å². The van der Waals surface area contributed by atoms with Crippen LogP contribution in [0.15, 0.2) is 6.33 Å². The van der Waals surface area contributed by atoms with Crippen molar-refractivity contribution in [3.05, 3.63) is 11.9 Å². The topological polar surface area (TPSA) is 76.3 Å². The van der Waals surface area contributed by atoms with Crippen molar-refractivity contribution in [1.29, 1.82) is 0 Å². The van der Waals surface area contributed by atoms with Crippen LogP contribution in [0, 0.1) is 6.92 Å². The number of ether oxygens (including phenoxy) is 1. The maximum Gasteiger partial charge on any atom is 0.148 e. The highest BCUT2D eigenvalue weighted by Crippen LogP contribution is 2.24. The van der Waals surface area contributed by atoms with Crippen molar-refractivity contribution in [2.75, 3.05) is 30.6 Å². The number of hydrazine groups is 1. The highest BCUT2D eigenvalue weighted by Gasteiger charge is 2.23. The summed E-state index contributed by atoms with van der Waals surface area (Å²) in [6.07, 6.45) is 2.55. The molecule has 16 heavy (non-hydrogen) atoms. The van der Waals surface area contributed by atoms with E-state index in [2.05, 4.69) is 20.3 Å². The molecule has 1 fully saturated rings. The van der Waals surface area contributed by atoms with Gasteiger partial charge in [-0.1, -0.05) is 0 Å². The molecule has 1 atom stereocenters. The highest BCUT2D eigenvalue weighted by atomic mass is 16.5. The van der Waals surface area contributed by atoms with Gasteiger partial charge in [0.1, 0.15) is 18.0 Å². The lowest BCUT2D eigenvalue weighted by atomic mass is 10.2. The second-order valence-corrected chi connectivity index (χ2v) is 3.94. The first kappa shape index (κ1) is 11.1. The molecule has 0 spiro atoms. The van der Waals surface area contributed by atoms with Gasteiger partial charge in [-0.05, 0) is 13.3 Å². The fraction of sp³-hybridized carbons (Fsp3) is 0.600. The fourth-order valence-corrected chi connectivity index (χ4v) is 1.94. The van der Waals surface area contributed by atoms with E-state index in [0.29, 0.717) is 11.9 Å². The Morgan fingerprint density at radius 3 is 3.00 bits per heavy atom. The Hall–Kier alpha value is -1.40. The summed E-state index contributed by atoms with van der Waals surface area (Å²) in [7, 11) is 2.02. The molecule has 1 aliphatic rings. The van der Waals surface area contributed by atoms with Crippen LogP contribution in [0.1, 0.15) is 12.0 Å². The molecular weight excluding hydrogens is 206 g/mol. The van der Waals surface area contributed by atoms with Crippen LogP contribution in [0.25, 0.3) is 0 Å². The molecule has 88 valence electrons. The lowest BCUT2D eigenvalue weighted by molar-refractivity contribution is 0.193. The van der Waals surface area contributed by atoms with E-state index in [1.807, 2.05) is 14.0 Å². The lowest BCUT2D eigenvalue weighted by Crippen LogP contribution is -2.33. The number of aromatic nitrogens is 2. The van der Waals surface area contributed by atoms with Gasteiger partial charge in [-0.15, -0.1) is 0 Å². The minimum Gasteiger partial charge on any atom is -0.379 e. The molecule has 0 bridgehead atoms. The number of likely N-dealkylation sites (N-methyl/N-ethyl adjacent to an activating group) is 1. The van der Waals surface area contributed by atoms with E-state index in [1.165, 1.54) is 6.33 Å². The van der Waals surface area contributed by atoms with Crippen LogP contribution in [0.4, 0.5) is 11.6 Å². The molecule has 1 aromatic rings. The molecule has 1 aliphatic heterocycles. The van der Waals surface area contributed by atoms with Crippen molar-refractivity contribution in [1.82, 2.24) is 9.97 Å². The second kappa shape index (κ2) is 4.63. The smallest absolute Gasteiger partial charge is 0.148 e. The van der Waals surface area contributed by atoms with Crippen LogP contribution in [-0.4, -0.2) is 36.3 Å². The molecule has 6 nitrogen and oxygen atoms in total. The fourth-order valence-electron chi connectivity index (χ4n) is 1.94. The number of nitrogens with one attached hydrogen (secondary N) is 1. The summed E-state index contributed by atoms with van der Waals surface area (Å²) in [5.74, 6) is 6.95. The minimum absolute atomic E-state index is 0.388. The van der Waals surface area contributed by atoms with Gasteiger partial charge in [0, 0.05) is 19.2 Å². The zero-order valence-electron chi connectivity index (χ0n) is 9.60. The van der Waals surface area contributed by atoms with Gasteiger partial charge in [-0.3, -0.25) is 0 Å². The van der Waals surface area contributed by atoms with E-state index >= 15 is 0 Å². The van der Waals surface area contributed by atoms with Crippen LogP contribution in [0.3, 0.4) is 0 Å². The summed E-state index contributed by atoms with van der Waals surface area (Å²) < 4.78 is 5.37. The minimum atomic E-state index is 0.388. The lowest BCUT2D eigenvalue weighted by Gasteiger charge is -2.26. The van der Waals surface area contributed by atoms with E-state index in [0.717, 1.165) is 31.0 Å². The predicted octanol–water partition coefficient (Wildman–Crippen LogP) is 0.296. The van der Waals surface area contributed by atoms with Gasteiger partial charge < -0.3 is 15.1 Å². The molecule has 1 saturated heterocycles. The van der Waals surface area contributed by atoms with E-state index in [9.17, 15) is 0 Å². The van der Waals surface area contributed by atoms with Crippen molar-refractivity contribution in [3.63, 3.8) is 0 Å². The molecule has 1 aromatic heterocycles. The maximum atomic E-state index is 5.39. The summed E-state index contributed by atoms with van der Waals surface area (Å²) in [6, 6.07) is 0.388. The van der Waals surface area contributed by atoms with Gasteiger partial charge in [0.05, 0.1) is 12.6 Å². The molecule has 0 amide bonds. The van der Waals surface area contributed by atoms with Gasteiger partial charge in [0.2, 0.25) is 0 Å². The van der Waals surface area contributed by atoms with Gasteiger partial charge in [0.25, 0.3) is 0 Å². The SMILES string of the molecule is Cc1c(NN)ncnc1N(C)C1CCOC1. The van der Waals surface area contributed by atoms with Gasteiger partial charge in [-0.25, -0.2) is 15.8 Å². The number of nitrogens with zero attached hydrogens (tertiary/aromatic N) is 3. The largest absolute Gasteiger partial charge is 0.379 e. The third-order valence-electron chi connectivity index (χ3n) is 2.98. The van der Waals surface area contributed by atoms with Crippen molar-refractivity contribution in [3.8, 4) is 0 Å². The van der Waals surface area contributed by atoms with Crippen LogP contribution in [0.2, 0.25) is 0 Å². The number of nitrogens with two attached hydrogens (primary N) is 1. The molecule has 6 heteroatoms. The summed E-state index contributed by atoms with van der Waals surface area (Å²) >= 11 is 0. The number of rotatable bonds is 3. The van der Waals surface area contributed by atoms with Crippen molar-refractivity contribution < 1.29 is 4.74 Å². The monoisotopic (exact) mass is 223 g/mol. The predicted molar refractivity (Wildman–Crippen MR) is 62.2 cm³/mol. The molecule has 0 aromatic carbocycles. The molecule has 0 aliphatic carbocycles. The Kier molecular flexibility index (Phi) is 3.21. The number of anilines is 2. The average molecular weight is 223 g/mol. The third-order valence-corrected chi connectivity index (χ3v) is 2.98. The quantitative estimate of drug-likeness (QED) is 0.567. The maximum absolute atomic E-state index is 5.39. The summed E-state index contributed by atoms with van der Waals surface area (Å²) in [4.78, 5) is 10.5. The Morgan fingerprint density at radius 1 is 1.56 bits per heavy atom. The molecular formula is C10H17N5O. The first-order valence-electron chi connectivity index (χ1n) is 5.33. The second-order valence-electron chi connectivity index (χ2n) is 3.94. The molecule has 0 radical (unpaired) electrons. The Morgan fingerprint density at radius 2 is 2.38 bits per heavy atom. The average Bonchev–Trinajstić information content (AvgIpc) is 2.82. The van der Waals surface area contributed by atoms with Gasteiger partial charge >= 0.3 is 0 Å².